The Morgan fingerprint density at radius 2 is 2.28 bits per heavy atom. The van der Waals surface area contributed by atoms with Crippen molar-refractivity contribution in [3.05, 3.63) is 26.6 Å². The lowest BCUT2D eigenvalue weighted by Crippen LogP contribution is -2.28. The smallest absolute Gasteiger partial charge is 0.266 e. The van der Waals surface area contributed by atoms with Crippen LogP contribution in [-0.2, 0) is 4.79 Å². The van der Waals surface area contributed by atoms with E-state index >= 15 is 0 Å². The Morgan fingerprint density at radius 3 is 2.83 bits per heavy atom. The van der Waals surface area contributed by atoms with Gasteiger partial charge in [0.15, 0.2) is 8.93 Å². The minimum Gasteiger partial charge on any atom is -0.451 e. The number of amides is 1. The Bertz CT molecular complexity index is 522. The first kappa shape index (κ1) is 13.7. The van der Waals surface area contributed by atoms with Gasteiger partial charge in [-0.1, -0.05) is 0 Å². The fraction of sp³-hybridized carbons (Fsp3) is 0.333. The summed E-state index contributed by atoms with van der Waals surface area (Å²) in [7, 11) is 0. The van der Waals surface area contributed by atoms with Gasteiger partial charge in [-0.2, -0.15) is 0 Å². The summed E-state index contributed by atoms with van der Waals surface area (Å²) in [6.45, 7) is 5.22. The van der Waals surface area contributed by atoms with Crippen LogP contribution in [0.5, 0.6) is 0 Å². The average molecular weight is 376 g/mol. The number of furan rings is 1. The predicted molar refractivity (Wildman–Crippen MR) is 82.4 cm³/mol. The monoisotopic (exact) mass is 376 g/mol. The van der Waals surface area contributed by atoms with E-state index in [1.807, 2.05) is 26.0 Å². The highest BCUT2D eigenvalue weighted by Crippen LogP contribution is 2.32. The maximum Gasteiger partial charge on any atom is 0.266 e. The second-order valence-electron chi connectivity index (χ2n) is 3.56. The van der Waals surface area contributed by atoms with Crippen molar-refractivity contribution in [2.45, 2.75) is 13.8 Å². The Kier molecular flexibility index (Phi) is 4.50. The van der Waals surface area contributed by atoms with Crippen molar-refractivity contribution in [2.24, 2.45) is 4.99 Å². The third-order valence-electron chi connectivity index (χ3n) is 2.37. The quantitative estimate of drug-likeness (QED) is 0.601. The summed E-state index contributed by atoms with van der Waals surface area (Å²) in [6.07, 6.45) is 1.77. The number of carbonyl (C=O) groups excluding carboxylic acids is 1. The van der Waals surface area contributed by atoms with Crippen molar-refractivity contribution in [3.63, 3.8) is 0 Å². The molecule has 1 fully saturated rings. The van der Waals surface area contributed by atoms with Gasteiger partial charge in [0.25, 0.3) is 5.91 Å². The van der Waals surface area contributed by atoms with E-state index in [-0.39, 0.29) is 5.91 Å². The molecule has 1 aromatic rings. The molecular formula is C12H13IN2O2S. The lowest BCUT2D eigenvalue weighted by Gasteiger charge is -2.11. The molecule has 1 aliphatic rings. The van der Waals surface area contributed by atoms with Crippen LogP contribution in [0.4, 0.5) is 0 Å². The largest absolute Gasteiger partial charge is 0.451 e. The van der Waals surface area contributed by atoms with E-state index in [4.69, 9.17) is 4.42 Å². The summed E-state index contributed by atoms with van der Waals surface area (Å²) >= 11 is 3.50. The summed E-state index contributed by atoms with van der Waals surface area (Å²) in [6, 6.07) is 3.73. The van der Waals surface area contributed by atoms with Crippen LogP contribution < -0.4 is 0 Å². The highest BCUT2D eigenvalue weighted by Gasteiger charge is 2.32. The summed E-state index contributed by atoms with van der Waals surface area (Å²) in [5, 5.41) is 0.775. The van der Waals surface area contributed by atoms with E-state index in [1.165, 1.54) is 11.8 Å². The number of nitrogens with zero attached hydrogens (tertiary/aromatic N) is 2. The lowest BCUT2D eigenvalue weighted by atomic mass is 10.3. The van der Waals surface area contributed by atoms with Gasteiger partial charge in [-0.05, 0) is 60.3 Å². The van der Waals surface area contributed by atoms with Gasteiger partial charge in [0.1, 0.15) is 5.76 Å². The Hall–Kier alpha value is -0.760. The number of rotatable bonds is 3. The van der Waals surface area contributed by atoms with E-state index in [0.29, 0.717) is 23.8 Å². The van der Waals surface area contributed by atoms with Crippen molar-refractivity contribution in [3.8, 4) is 0 Å². The van der Waals surface area contributed by atoms with Gasteiger partial charge in [0.05, 0.1) is 4.91 Å². The van der Waals surface area contributed by atoms with Crippen molar-refractivity contribution in [1.29, 1.82) is 0 Å². The van der Waals surface area contributed by atoms with Crippen molar-refractivity contribution >= 4 is 51.5 Å². The second-order valence-corrected chi connectivity index (χ2v) is 5.63. The van der Waals surface area contributed by atoms with Gasteiger partial charge < -0.3 is 4.42 Å². The molecule has 2 heterocycles. The molecule has 6 heteroatoms. The third-order valence-corrected chi connectivity index (χ3v) is 3.99. The molecule has 0 N–H and O–H groups in total. The molecule has 18 heavy (non-hydrogen) atoms. The molecule has 0 atom stereocenters. The minimum atomic E-state index is 0.00103. The first-order chi connectivity index (χ1) is 8.65. The molecule has 1 amide bonds. The number of amidine groups is 1. The van der Waals surface area contributed by atoms with Crippen molar-refractivity contribution in [1.82, 2.24) is 4.90 Å². The molecule has 2 rings (SSSR count). The van der Waals surface area contributed by atoms with E-state index in [1.54, 1.807) is 11.0 Å². The summed E-state index contributed by atoms with van der Waals surface area (Å²) in [5.41, 5.74) is 0. The zero-order chi connectivity index (χ0) is 13.1. The fourth-order valence-electron chi connectivity index (χ4n) is 1.58. The van der Waals surface area contributed by atoms with Crippen molar-refractivity contribution in [2.75, 3.05) is 13.1 Å². The van der Waals surface area contributed by atoms with Gasteiger partial charge in [-0.3, -0.25) is 14.7 Å². The van der Waals surface area contributed by atoms with Crippen LogP contribution >= 0.6 is 34.4 Å². The molecule has 0 bridgehead atoms. The number of carbonyl (C=O) groups is 1. The van der Waals surface area contributed by atoms with Gasteiger partial charge >= 0.3 is 0 Å². The third kappa shape index (κ3) is 2.80. The highest BCUT2D eigenvalue weighted by atomic mass is 127. The molecule has 1 aliphatic heterocycles. The van der Waals surface area contributed by atoms with E-state index in [2.05, 4.69) is 27.6 Å². The lowest BCUT2D eigenvalue weighted by molar-refractivity contribution is -0.122. The number of aliphatic imine (C=N–C) groups is 1. The van der Waals surface area contributed by atoms with Crippen LogP contribution in [0.2, 0.25) is 0 Å². The maximum atomic E-state index is 12.1. The van der Waals surface area contributed by atoms with Gasteiger partial charge in [-0.25, -0.2) is 0 Å². The molecule has 96 valence electrons. The van der Waals surface area contributed by atoms with E-state index in [0.717, 1.165) is 8.93 Å². The van der Waals surface area contributed by atoms with Crippen LogP contribution in [0.1, 0.15) is 19.6 Å². The molecule has 1 saturated heterocycles. The zero-order valence-corrected chi connectivity index (χ0v) is 13.1. The predicted octanol–water partition coefficient (Wildman–Crippen LogP) is 3.20. The molecule has 0 radical (unpaired) electrons. The molecular weight excluding hydrogens is 363 g/mol. The number of hydrogen-bond donors (Lipinski definition) is 0. The van der Waals surface area contributed by atoms with Gasteiger partial charge in [0, 0.05) is 19.2 Å². The second kappa shape index (κ2) is 5.92. The van der Waals surface area contributed by atoms with Crippen LogP contribution in [0.15, 0.2) is 26.4 Å². The number of hydrogen-bond acceptors (Lipinski definition) is 4. The zero-order valence-electron chi connectivity index (χ0n) is 10.1. The van der Waals surface area contributed by atoms with Crippen molar-refractivity contribution < 1.29 is 9.21 Å². The van der Waals surface area contributed by atoms with Crippen LogP contribution in [0.25, 0.3) is 6.08 Å². The highest BCUT2D eigenvalue weighted by molar-refractivity contribution is 14.1. The molecule has 0 unspecified atom stereocenters. The molecule has 1 aromatic heterocycles. The molecule has 0 aromatic carbocycles. The first-order valence-electron chi connectivity index (χ1n) is 5.67. The van der Waals surface area contributed by atoms with Gasteiger partial charge in [0.2, 0.25) is 0 Å². The molecule has 0 spiro atoms. The van der Waals surface area contributed by atoms with E-state index in [9.17, 15) is 4.79 Å². The Balaban J connectivity index is 2.28. The Labute approximate surface area is 124 Å². The number of thioether (sulfide) groups is 1. The standard InChI is InChI=1S/C12H13IN2O2S/c1-3-14-12-15(4-2)11(16)9(18-12)7-8-5-6-10(13)17-8/h5-7H,3-4H2,1-2H3. The van der Waals surface area contributed by atoms with Crippen LogP contribution in [-0.4, -0.2) is 29.1 Å². The number of halogens is 1. The molecule has 0 aliphatic carbocycles. The van der Waals surface area contributed by atoms with Crippen LogP contribution in [0.3, 0.4) is 0 Å². The SMILES string of the molecule is CCN=C1SC(=Cc2ccc(I)o2)C(=O)N1CC. The topological polar surface area (TPSA) is 45.8 Å². The maximum absolute atomic E-state index is 12.1. The first-order valence-corrected chi connectivity index (χ1v) is 7.56. The average Bonchev–Trinajstić information content (AvgIpc) is 2.86. The summed E-state index contributed by atoms with van der Waals surface area (Å²) in [4.78, 5) is 18.8. The Morgan fingerprint density at radius 1 is 1.50 bits per heavy atom. The molecule has 4 nitrogen and oxygen atoms in total. The van der Waals surface area contributed by atoms with Gasteiger partial charge in [-0.15, -0.1) is 0 Å². The molecule has 0 saturated carbocycles. The summed E-state index contributed by atoms with van der Waals surface area (Å²) in [5.74, 6) is 0.699. The minimum absolute atomic E-state index is 0.00103. The van der Waals surface area contributed by atoms with E-state index < -0.39 is 0 Å². The fourth-order valence-corrected chi connectivity index (χ4v) is 3.09. The normalized spacial score (nSPS) is 20.4. The summed E-state index contributed by atoms with van der Waals surface area (Å²) < 4.78 is 6.25. The van der Waals surface area contributed by atoms with Crippen LogP contribution in [0, 0.1) is 3.77 Å². The number of likely N-dealkylation sites (N-methyl/N-ethyl adjacent to an activating group) is 1.